The zero-order valence-electron chi connectivity index (χ0n) is 15.2. The van der Waals surface area contributed by atoms with Crippen LogP contribution in [-0.2, 0) is 6.54 Å². The second-order valence-electron chi connectivity index (χ2n) is 6.46. The van der Waals surface area contributed by atoms with Crippen molar-refractivity contribution in [2.24, 2.45) is 0 Å². The van der Waals surface area contributed by atoms with Crippen molar-refractivity contribution in [1.82, 2.24) is 9.80 Å². The largest absolute Gasteiger partial charge is 0.490 e. The number of aliphatic hydroxyl groups excluding tert-OH is 1. The van der Waals surface area contributed by atoms with E-state index < -0.39 is 6.10 Å². The van der Waals surface area contributed by atoms with E-state index >= 15 is 0 Å². The summed E-state index contributed by atoms with van der Waals surface area (Å²) in [5.74, 6) is 0.772. The molecule has 0 bridgehead atoms. The van der Waals surface area contributed by atoms with Crippen molar-refractivity contribution in [3.63, 3.8) is 0 Å². The zero-order chi connectivity index (χ0) is 17.5. The summed E-state index contributed by atoms with van der Waals surface area (Å²) in [6, 6.07) is 18.3. The summed E-state index contributed by atoms with van der Waals surface area (Å²) < 4.78 is 6.62. The van der Waals surface area contributed by atoms with E-state index in [0.29, 0.717) is 13.2 Å². The topological polar surface area (TPSA) is 35.9 Å². The Morgan fingerprint density at radius 3 is 2.15 bits per heavy atom. The maximum Gasteiger partial charge on any atom is 0.133 e. The van der Waals surface area contributed by atoms with E-state index in [1.165, 1.54) is 5.56 Å². The molecular formula is C20H27BrCl2N2O2. The highest BCUT2D eigenvalue weighted by atomic mass is 79.9. The number of halogens is 3. The first-order chi connectivity index (χ1) is 12.2. The van der Waals surface area contributed by atoms with E-state index in [0.717, 1.165) is 42.9 Å². The van der Waals surface area contributed by atoms with Gasteiger partial charge in [-0.3, -0.25) is 9.80 Å². The van der Waals surface area contributed by atoms with Gasteiger partial charge in [-0.05, 0) is 33.6 Å². The number of piperazine rings is 1. The molecule has 0 radical (unpaired) electrons. The molecule has 7 heteroatoms. The fourth-order valence-corrected chi connectivity index (χ4v) is 3.47. The molecule has 0 amide bonds. The van der Waals surface area contributed by atoms with Gasteiger partial charge < -0.3 is 9.84 Å². The fourth-order valence-electron chi connectivity index (χ4n) is 3.07. The number of hydrogen-bond acceptors (Lipinski definition) is 4. The second-order valence-corrected chi connectivity index (χ2v) is 7.31. The van der Waals surface area contributed by atoms with Crippen LogP contribution in [0, 0.1) is 0 Å². The van der Waals surface area contributed by atoms with Crippen molar-refractivity contribution >= 4 is 40.7 Å². The van der Waals surface area contributed by atoms with Crippen molar-refractivity contribution in [3.8, 4) is 5.75 Å². The number of β-amino-alcohol motifs (C(OH)–C–C–N with tert-alkyl or cyclic N) is 1. The fraction of sp³-hybridized carbons (Fsp3) is 0.400. The van der Waals surface area contributed by atoms with Crippen LogP contribution in [0.1, 0.15) is 5.56 Å². The van der Waals surface area contributed by atoms with Crippen molar-refractivity contribution in [1.29, 1.82) is 0 Å². The minimum absolute atomic E-state index is 0. The van der Waals surface area contributed by atoms with Crippen LogP contribution in [0.5, 0.6) is 5.75 Å². The molecule has 3 rings (SSSR count). The summed E-state index contributed by atoms with van der Waals surface area (Å²) in [4.78, 5) is 4.78. The van der Waals surface area contributed by atoms with Gasteiger partial charge in [0.1, 0.15) is 18.5 Å². The van der Waals surface area contributed by atoms with Gasteiger partial charge in [0, 0.05) is 39.3 Å². The highest BCUT2D eigenvalue weighted by molar-refractivity contribution is 9.10. The lowest BCUT2D eigenvalue weighted by atomic mass is 10.2. The number of aliphatic hydroxyl groups is 1. The summed E-state index contributed by atoms with van der Waals surface area (Å²) in [6.45, 7) is 6.01. The van der Waals surface area contributed by atoms with E-state index in [1.807, 2.05) is 24.3 Å². The van der Waals surface area contributed by atoms with Crippen molar-refractivity contribution in [2.45, 2.75) is 12.6 Å². The highest BCUT2D eigenvalue weighted by Crippen LogP contribution is 2.23. The monoisotopic (exact) mass is 476 g/mol. The molecule has 0 saturated carbocycles. The normalized spacial score (nSPS) is 16.1. The summed E-state index contributed by atoms with van der Waals surface area (Å²) in [5.41, 5.74) is 1.36. The van der Waals surface area contributed by atoms with Crippen LogP contribution in [0.4, 0.5) is 0 Å². The van der Waals surface area contributed by atoms with E-state index in [9.17, 15) is 5.11 Å². The Balaban J connectivity index is 0.00000182. The molecule has 27 heavy (non-hydrogen) atoms. The SMILES string of the molecule is Cl.Cl.OC(COc1ccccc1Br)CN1CCN(Cc2ccccc2)CC1. The summed E-state index contributed by atoms with van der Waals surface area (Å²) in [7, 11) is 0. The molecule has 1 saturated heterocycles. The van der Waals surface area contributed by atoms with Crippen molar-refractivity contribution in [3.05, 3.63) is 64.6 Å². The predicted octanol–water partition coefficient (Wildman–Crippen LogP) is 3.85. The number of ether oxygens (including phenoxy) is 1. The first kappa shape index (κ1) is 24.2. The van der Waals surface area contributed by atoms with Gasteiger partial charge in [-0.2, -0.15) is 0 Å². The second kappa shape index (κ2) is 12.6. The lowest BCUT2D eigenvalue weighted by Gasteiger charge is -2.35. The van der Waals surface area contributed by atoms with Gasteiger partial charge >= 0.3 is 0 Å². The van der Waals surface area contributed by atoms with Crippen LogP contribution in [0.25, 0.3) is 0 Å². The Morgan fingerprint density at radius 1 is 0.889 bits per heavy atom. The molecule has 1 aliphatic heterocycles. The van der Waals surface area contributed by atoms with Gasteiger partial charge in [-0.15, -0.1) is 24.8 Å². The molecule has 0 aliphatic carbocycles. The lowest BCUT2D eigenvalue weighted by molar-refractivity contribution is 0.0444. The minimum atomic E-state index is -0.479. The molecule has 150 valence electrons. The number of para-hydroxylation sites is 1. The number of benzene rings is 2. The van der Waals surface area contributed by atoms with Gasteiger partial charge in [0.05, 0.1) is 4.47 Å². The Morgan fingerprint density at radius 2 is 1.48 bits per heavy atom. The zero-order valence-corrected chi connectivity index (χ0v) is 18.4. The molecular weight excluding hydrogens is 451 g/mol. The van der Waals surface area contributed by atoms with Crippen LogP contribution >= 0.6 is 40.7 Å². The molecule has 2 aromatic rings. The molecule has 4 nitrogen and oxygen atoms in total. The van der Waals surface area contributed by atoms with Gasteiger partial charge in [-0.1, -0.05) is 42.5 Å². The molecule has 1 aliphatic rings. The number of nitrogens with zero attached hydrogens (tertiary/aromatic N) is 2. The minimum Gasteiger partial charge on any atom is -0.490 e. The molecule has 2 aromatic carbocycles. The lowest BCUT2D eigenvalue weighted by Crippen LogP contribution is -2.48. The smallest absolute Gasteiger partial charge is 0.133 e. The predicted molar refractivity (Wildman–Crippen MR) is 118 cm³/mol. The van der Waals surface area contributed by atoms with Gasteiger partial charge in [0.25, 0.3) is 0 Å². The molecule has 0 spiro atoms. The Bertz CT molecular complexity index is 655. The van der Waals surface area contributed by atoms with Crippen LogP contribution < -0.4 is 4.74 Å². The van der Waals surface area contributed by atoms with Crippen molar-refractivity contribution < 1.29 is 9.84 Å². The molecule has 1 heterocycles. The van der Waals surface area contributed by atoms with Crippen LogP contribution in [0.15, 0.2) is 59.1 Å². The first-order valence-corrected chi connectivity index (χ1v) is 9.54. The summed E-state index contributed by atoms with van der Waals surface area (Å²) >= 11 is 3.46. The maximum atomic E-state index is 10.3. The van der Waals surface area contributed by atoms with E-state index in [1.54, 1.807) is 0 Å². The Labute approximate surface area is 182 Å². The van der Waals surface area contributed by atoms with E-state index in [4.69, 9.17) is 4.74 Å². The standard InChI is InChI=1S/C20H25BrN2O2.2ClH/c21-19-8-4-5-9-20(19)25-16-18(24)15-23-12-10-22(11-13-23)14-17-6-2-1-3-7-17;;/h1-9,18,24H,10-16H2;2*1H. The van der Waals surface area contributed by atoms with Gasteiger partial charge in [0.2, 0.25) is 0 Å². The third kappa shape index (κ3) is 7.98. The highest BCUT2D eigenvalue weighted by Gasteiger charge is 2.19. The van der Waals surface area contributed by atoms with Gasteiger partial charge in [-0.25, -0.2) is 0 Å². The third-order valence-corrected chi connectivity index (χ3v) is 5.11. The Hall–Kier alpha value is -0.820. The molecule has 1 unspecified atom stereocenters. The summed E-state index contributed by atoms with van der Waals surface area (Å²) in [5, 5.41) is 10.3. The molecule has 1 fully saturated rings. The average Bonchev–Trinajstić information content (AvgIpc) is 2.64. The van der Waals surface area contributed by atoms with Crippen LogP contribution in [0.2, 0.25) is 0 Å². The van der Waals surface area contributed by atoms with E-state index in [-0.39, 0.29) is 24.8 Å². The third-order valence-electron chi connectivity index (χ3n) is 4.45. The molecule has 0 aromatic heterocycles. The molecule has 1 N–H and O–H groups in total. The van der Waals surface area contributed by atoms with Crippen LogP contribution in [0.3, 0.4) is 0 Å². The quantitative estimate of drug-likeness (QED) is 0.656. The van der Waals surface area contributed by atoms with Crippen molar-refractivity contribution in [2.75, 3.05) is 39.3 Å². The first-order valence-electron chi connectivity index (χ1n) is 8.75. The average molecular weight is 478 g/mol. The maximum absolute atomic E-state index is 10.3. The Kier molecular flexibility index (Phi) is 11.3. The molecule has 1 atom stereocenters. The van der Waals surface area contributed by atoms with Crippen LogP contribution in [-0.4, -0.2) is 60.3 Å². The van der Waals surface area contributed by atoms with E-state index in [2.05, 4.69) is 56.1 Å². The number of rotatable bonds is 7. The van der Waals surface area contributed by atoms with Gasteiger partial charge in [0.15, 0.2) is 0 Å². The number of hydrogen-bond donors (Lipinski definition) is 1. The summed E-state index contributed by atoms with van der Waals surface area (Å²) in [6.07, 6.45) is -0.479.